The molecule has 1 aliphatic heterocycles. The van der Waals surface area contributed by atoms with Gasteiger partial charge in [0.2, 0.25) is 0 Å². The van der Waals surface area contributed by atoms with Crippen LogP contribution in [-0.2, 0) is 12.6 Å². The van der Waals surface area contributed by atoms with Crippen molar-refractivity contribution in [2.24, 2.45) is 0 Å². The Bertz CT molecular complexity index is 805. The van der Waals surface area contributed by atoms with Gasteiger partial charge in [-0.25, -0.2) is 0 Å². The van der Waals surface area contributed by atoms with Gasteiger partial charge >= 0.3 is 6.18 Å². The summed E-state index contributed by atoms with van der Waals surface area (Å²) in [5.74, 6) is -0.0406. The lowest BCUT2D eigenvalue weighted by Crippen LogP contribution is -2.27. The van der Waals surface area contributed by atoms with Gasteiger partial charge in [-0.2, -0.15) is 13.2 Å². The van der Waals surface area contributed by atoms with Crippen LogP contribution in [0.15, 0.2) is 42.5 Å². The van der Waals surface area contributed by atoms with Gasteiger partial charge in [0.15, 0.2) is 0 Å². The second-order valence-electron chi connectivity index (χ2n) is 6.40. The number of aromatic hydroxyl groups is 1. The van der Waals surface area contributed by atoms with E-state index in [1.54, 1.807) is 12.1 Å². The first kappa shape index (κ1) is 16.4. The fraction of sp³-hybridized carbons (Fsp3) is 0.263. The smallest absolute Gasteiger partial charge is 0.420 e. The summed E-state index contributed by atoms with van der Waals surface area (Å²) in [5, 5.41) is 9.60. The van der Waals surface area contributed by atoms with E-state index in [0.717, 1.165) is 17.2 Å². The molecule has 0 radical (unpaired) electrons. The molecule has 2 nitrogen and oxygen atoms in total. The van der Waals surface area contributed by atoms with Gasteiger partial charge in [0.1, 0.15) is 22.7 Å². The molecular formula is C19H17F3O2. The number of rotatable bonds is 2. The Morgan fingerprint density at radius 1 is 1.12 bits per heavy atom. The normalized spacial score (nSPS) is 15.7. The predicted molar refractivity (Wildman–Crippen MR) is 86.1 cm³/mol. The number of phenols is 1. The largest absolute Gasteiger partial charge is 0.507 e. The third kappa shape index (κ3) is 3.25. The number of hydrogen-bond donors (Lipinski definition) is 1. The average molecular weight is 334 g/mol. The van der Waals surface area contributed by atoms with Gasteiger partial charge in [-0.1, -0.05) is 24.3 Å². The summed E-state index contributed by atoms with van der Waals surface area (Å²) in [5.41, 5.74) is 0.223. The van der Waals surface area contributed by atoms with Crippen LogP contribution in [0.5, 0.6) is 11.5 Å². The number of fused-ring (bicyclic) bond motifs is 1. The minimum absolute atomic E-state index is 0.0449. The Balaban J connectivity index is 1.95. The van der Waals surface area contributed by atoms with Crippen molar-refractivity contribution >= 4 is 6.08 Å². The Morgan fingerprint density at radius 2 is 1.88 bits per heavy atom. The Hall–Kier alpha value is -2.43. The fourth-order valence-corrected chi connectivity index (χ4v) is 2.82. The highest BCUT2D eigenvalue weighted by Gasteiger charge is 2.36. The Kier molecular flexibility index (Phi) is 3.82. The quantitative estimate of drug-likeness (QED) is 0.819. The molecule has 0 aromatic heterocycles. The van der Waals surface area contributed by atoms with Gasteiger partial charge in [-0.3, -0.25) is 0 Å². The van der Waals surface area contributed by atoms with Crippen LogP contribution in [0.25, 0.3) is 6.08 Å². The van der Waals surface area contributed by atoms with Gasteiger partial charge in [0.05, 0.1) is 0 Å². The molecule has 1 heterocycles. The van der Waals surface area contributed by atoms with Crippen molar-refractivity contribution in [3.63, 3.8) is 0 Å². The summed E-state index contributed by atoms with van der Waals surface area (Å²) in [7, 11) is 0. The molecule has 3 rings (SSSR count). The standard InChI is InChI=1S/C19H17F3O2/c1-18(2)9-8-13-10-12(6-7-16(13)24-18)11-14-4-3-5-15(23)17(14)19(20,21)22/h3-10,23H,11H2,1-2H3. The summed E-state index contributed by atoms with van der Waals surface area (Å²) in [4.78, 5) is 0. The number of halogens is 3. The van der Waals surface area contributed by atoms with Crippen LogP contribution >= 0.6 is 0 Å². The molecule has 0 bridgehead atoms. The highest BCUT2D eigenvalue weighted by Crippen LogP contribution is 2.39. The van der Waals surface area contributed by atoms with E-state index in [1.165, 1.54) is 12.1 Å². The predicted octanol–water partition coefficient (Wildman–Crippen LogP) is 5.19. The molecule has 0 spiro atoms. The maximum absolute atomic E-state index is 13.2. The molecule has 5 heteroatoms. The molecule has 0 fully saturated rings. The van der Waals surface area contributed by atoms with Crippen LogP contribution in [0, 0.1) is 0 Å². The summed E-state index contributed by atoms with van der Waals surface area (Å²) >= 11 is 0. The van der Waals surface area contributed by atoms with Crippen LogP contribution in [0.3, 0.4) is 0 Å². The van der Waals surface area contributed by atoms with E-state index < -0.39 is 23.1 Å². The lowest BCUT2D eigenvalue weighted by Gasteiger charge is -2.28. The first-order valence-corrected chi connectivity index (χ1v) is 7.55. The molecule has 2 aromatic carbocycles. The maximum Gasteiger partial charge on any atom is 0.420 e. The van der Waals surface area contributed by atoms with Crippen molar-refractivity contribution in [2.45, 2.75) is 32.0 Å². The highest BCUT2D eigenvalue weighted by atomic mass is 19.4. The minimum Gasteiger partial charge on any atom is -0.507 e. The van der Waals surface area contributed by atoms with Crippen LogP contribution in [0.1, 0.15) is 36.1 Å². The minimum atomic E-state index is -4.60. The highest BCUT2D eigenvalue weighted by molar-refractivity contribution is 5.62. The number of hydrogen-bond acceptors (Lipinski definition) is 2. The molecule has 0 saturated heterocycles. The zero-order valence-corrected chi connectivity index (χ0v) is 13.3. The van der Waals surface area contributed by atoms with E-state index in [-0.39, 0.29) is 12.0 Å². The number of phenolic OH excluding ortho intramolecular Hbond substituents is 1. The molecule has 126 valence electrons. The van der Waals surface area contributed by atoms with Gasteiger partial charge in [-0.05, 0) is 55.7 Å². The average Bonchev–Trinajstić information content (AvgIpc) is 2.45. The van der Waals surface area contributed by atoms with E-state index in [4.69, 9.17) is 4.74 Å². The first-order valence-electron chi connectivity index (χ1n) is 7.55. The van der Waals surface area contributed by atoms with E-state index in [2.05, 4.69) is 0 Å². The van der Waals surface area contributed by atoms with Crippen LogP contribution in [0.4, 0.5) is 13.2 Å². The summed E-state index contributed by atoms with van der Waals surface area (Å²) < 4.78 is 45.4. The SMILES string of the molecule is CC1(C)C=Cc2cc(Cc3cccc(O)c3C(F)(F)F)ccc2O1. The van der Waals surface area contributed by atoms with Crippen LogP contribution < -0.4 is 4.74 Å². The summed E-state index contributed by atoms with van der Waals surface area (Å²) in [6.45, 7) is 3.87. The van der Waals surface area contributed by atoms with E-state index >= 15 is 0 Å². The molecule has 1 N–H and O–H groups in total. The molecule has 0 atom stereocenters. The van der Waals surface area contributed by atoms with Gasteiger partial charge in [-0.15, -0.1) is 0 Å². The van der Waals surface area contributed by atoms with Gasteiger partial charge in [0.25, 0.3) is 0 Å². The number of benzene rings is 2. The van der Waals surface area contributed by atoms with E-state index in [9.17, 15) is 18.3 Å². The topological polar surface area (TPSA) is 29.5 Å². The van der Waals surface area contributed by atoms with E-state index in [0.29, 0.717) is 5.75 Å². The summed E-state index contributed by atoms with van der Waals surface area (Å²) in [6.07, 6.45) is -0.695. The molecular weight excluding hydrogens is 317 g/mol. The van der Waals surface area contributed by atoms with Crippen molar-refractivity contribution in [2.75, 3.05) is 0 Å². The third-order valence-electron chi connectivity index (χ3n) is 3.92. The van der Waals surface area contributed by atoms with Crippen LogP contribution in [-0.4, -0.2) is 10.7 Å². The van der Waals surface area contributed by atoms with Crippen molar-refractivity contribution in [1.29, 1.82) is 0 Å². The summed E-state index contributed by atoms with van der Waals surface area (Å²) in [6, 6.07) is 9.19. The van der Waals surface area contributed by atoms with Crippen LogP contribution in [0.2, 0.25) is 0 Å². The van der Waals surface area contributed by atoms with Crippen molar-refractivity contribution < 1.29 is 23.0 Å². The first-order chi connectivity index (χ1) is 11.2. The number of alkyl halides is 3. The van der Waals surface area contributed by atoms with Crippen molar-refractivity contribution in [3.05, 3.63) is 64.7 Å². The Morgan fingerprint density at radius 3 is 2.58 bits per heavy atom. The second-order valence-corrected chi connectivity index (χ2v) is 6.40. The monoisotopic (exact) mass is 334 g/mol. The molecule has 24 heavy (non-hydrogen) atoms. The molecule has 0 saturated carbocycles. The zero-order chi connectivity index (χ0) is 17.5. The molecule has 0 aliphatic carbocycles. The van der Waals surface area contributed by atoms with Crippen molar-refractivity contribution in [1.82, 2.24) is 0 Å². The second kappa shape index (κ2) is 5.58. The lowest BCUT2D eigenvalue weighted by atomic mass is 9.95. The lowest BCUT2D eigenvalue weighted by molar-refractivity contribution is -0.139. The molecule has 0 unspecified atom stereocenters. The van der Waals surface area contributed by atoms with Crippen molar-refractivity contribution in [3.8, 4) is 11.5 Å². The molecule has 2 aromatic rings. The maximum atomic E-state index is 13.2. The van der Waals surface area contributed by atoms with E-state index in [1.807, 2.05) is 32.1 Å². The number of ether oxygens (including phenoxy) is 1. The van der Waals surface area contributed by atoms with Gasteiger partial charge < -0.3 is 9.84 Å². The Labute approximate surface area is 138 Å². The molecule has 0 amide bonds. The third-order valence-corrected chi connectivity index (χ3v) is 3.92. The molecule has 1 aliphatic rings. The van der Waals surface area contributed by atoms with Gasteiger partial charge in [0, 0.05) is 5.56 Å². The fourth-order valence-electron chi connectivity index (χ4n) is 2.82. The zero-order valence-electron chi connectivity index (χ0n) is 13.3.